The smallest absolute Gasteiger partial charge is 0.435 e. The van der Waals surface area contributed by atoms with Crippen molar-refractivity contribution in [1.29, 1.82) is 0 Å². The van der Waals surface area contributed by atoms with E-state index in [4.69, 9.17) is 4.74 Å². The Morgan fingerprint density at radius 2 is 1.30 bits per heavy atom. The second-order valence-corrected chi connectivity index (χ2v) is 13.1. The van der Waals surface area contributed by atoms with Gasteiger partial charge < -0.3 is 9.64 Å². The zero-order valence-corrected chi connectivity index (χ0v) is 29.1. The van der Waals surface area contributed by atoms with Gasteiger partial charge in [-0.1, -0.05) is 103 Å². The van der Waals surface area contributed by atoms with Crippen molar-refractivity contribution >= 4 is 16.6 Å². The van der Waals surface area contributed by atoms with Crippen LogP contribution in [0.5, 0.6) is 5.88 Å². The molecular formula is C43H37F3N6O. The van der Waals surface area contributed by atoms with E-state index in [1.165, 1.54) is 4.68 Å². The van der Waals surface area contributed by atoms with Gasteiger partial charge in [0.2, 0.25) is 5.88 Å². The second-order valence-electron chi connectivity index (χ2n) is 13.1. The van der Waals surface area contributed by atoms with E-state index in [9.17, 15) is 0 Å². The number of nitrogens with zero attached hydrogens (tertiary/aromatic N) is 6. The summed E-state index contributed by atoms with van der Waals surface area (Å²) in [5.74, 6) is 0.623. The van der Waals surface area contributed by atoms with Gasteiger partial charge in [0.15, 0.2) is 5.69 Å². The molecule has 4 aromatic carbocycles. The van der Waals surface area contributed by atoms with Crippen molar-refractivity contribution in [1.82, 2.24) is 24.6 Å². The van der Waals surface area contributed by atoms with Crippen molar-refractivity contribution in [3.05, 3.63) is 174 Å². The molecule has 0 bridgehead atoms. The Bertz CT molecular complexity index is 2230. The van der Waals surface area contributed by atoms with Gasteiger partial charge in [0.05, 0.1) is 12.6 Å². The van der Waals surface area contributed by atoms with E-state index in [1.807, 2.05) is 115 Å². The van der Waals surface area contributed by atoms with Crippen LogP contribution in [-0.4, -0.2) is 57.9 Å². The standard InChI is InChI=1S/C43H37F3N6O/c1-53-41-32(12-11-22-48-41)29-50-24-26-51(27-25-50)39-21-23-47-38-20-19-31(28-36(38)39)37-30-52(49-40(37)43(44,45)46)42(33-13-5-2-6-14-33,34-15-7-3-8-16-34)35-17-9-4-10-18-35/h2-23,28,30H,24-27,29H2,1H3. The molecule has 53 heavy (non-hydrogen) atoms. The Morgan fingerprint density at radius 1 is 0.679 bits per heavy atom. The third-order valence-corrected chi connectivity index (χ3v) is 10.1. The van der Waals surface area contributed by atoms with Crippen LogP contribution in [0.1, 0.15) is 27.9 Å². The van der Waals surface area contributed by atoms with Crippen LogP contribution >= 0.6 is 0 Å². The van der Waals surface area contributed by atoms with E-state index >= 15 is 13.2 Å². The summed E-state index contributed by atoms with van der Waals surface area (Å²) >= 11 is 0. The maximum atomic E-state index is 15.2. The number of hydrogen-bond donors (Lipinski definition) is 0. The number of pyridine rings is 2. The summed E-state index contributed by atoms with van der Waals surface area (Å²) in [5, 5.41) is 5.24. The summed E-state index contributed by atoms with van der Waals surface area (Å²) in [4.78, 5) is 13.6. The summed E-state index contributed by atoms with van der Waals surface area (Å²) in [6.07, 6.45) is 0.310. The van der Waals surface area contributed by atoms with Crippen LogP contribution in [0, 0.1) is 0 Å². The van der Waals surface area contributed by atoms with Gasteiger partial charge >= 0.3 is 6.18 Å². The van der Waals surface area contributed by atoms with Gasteiger partial charge in [-0.3, -0.25) is 14.6 Å². The van der Waals surface area contributed by atoms with E-state index in [0.29, 0.717) is 23.5 Å². The molecule has 266 valence electrons. The van der Waals surface area contributed by atoms with Crippen molar-refractivity contribution < 1.29 is 17.9 Å². The number of fused-ring (bicyclic) bond motifs is 1. The number of anilines is 1. The number of rotatable bonds is 9. The summed E-state index contributed by atoms with van der Waals surface area (Å²) in [6.45, 7) is 3.80. The highest BCUT2D eigenvalue weighted by Crippen LogP contribution is 2.45. The highest BCUT2D eigenvalue weighted by Gasteiger charge is 2.44. The average molecular weight is 711 g/mol. The minimum absolute atomic E-state index is 0.00314. The minimum atomic E-state index is -4.73. The Labute approximate surface area is 305 Å². The van der Waals surface area contributed by atoms with Crippen LogP contribution in [0.4, 0.5) is 18.9 Å². The van der Waals surface area contributed by atoms with Gasteiger partial charge in [0.1, 0.15) is 5.54 Å². The summed E-state index contributed by atoms with van der Waals surface area (Å²) in [5.41, 5.74) is 3.28. The van der Waals surface area contributed by atoms with E-state index in [2.05, 4.69) is 24.9 Å². The van der Waals surface area contributed by atoms with Gasteiger partial charge in [0.25, 0.3) is 0 Å². The van der Waals surface area contributed by atoms with Crippen LogP contribution in [-0.2, 0) is 18.3 Å². The molecule has 1 aliphatic rings. The van der Waals surface area contributed by atoms with Gasteiger partial charge in [-0.05, 0) is 46.5 Å². The molecule has 1 fully saturated rings. The van der Waals surface area contributed by atoms with E-state index in [0.717, 1.165) is 59.5 Å². The molecule has 0 N–H and O–H groups in total. The number of piperazine rings is 1. The summed E-state index contributed by atoms with van der Waals surface area (Å²) in [7, 11) is 1.63. The van der Waals surface area contributed by atoms with E-state index in [1.54, 1.807) is 37.8 Å². The number of aromatic nitrogens is 4. The van der Waals surface area contributed by atoms with Crippen LogP contribution in [0.15, 0.2) is 146 Å². The topological polar surface area (TPSA) is 59.3 Å². The molecule has 4 heterocycles. The van der Waals surface area contributed by atoms with Gasteiger partial charge in [-0.2, -0.15) is 18.3 Å². The molecule has 8 rings (SSSR count). The normalized spacial score (nSPS) is 14.1. The first-order valence-electron chi connectivity index (χ1n) is 17.5. The molecule has 0 amide bonds. The minimum Gasteiger partial charge on any atom is -0.481 e. The van der Waals surface area contributed by atoms with Crippen molar-refractivity contribution in [2.24, 2.45) is 0 Å². The fourth-order valence-corrected chi connectivity index (χ4v) is 7.59. The first-order chi connectivity index (χ1) is 25.9. The lowest BCUT2D eigenvalue weighted by Gasteiger charge is -2.36. The number of methoxy groups -OCH3 is 1. The number of benzene rings is 4. The Hall–Kier alpha value is -6.00. The lowest BCUT2D eigenvalue weighted by atomic mass is 9.77. The Balaban J connectivity index is 1.22. The highest BCUT2D eigenvalue weighted by molar-refractivity contribution is 5.95. The molecule has 0 aliphatic carbocycles. The van der Waals surface area contributed by atoms with Crippen molar-refractivity contribution in [2.75, 3.05) is 38.2 Å². The maximum Gasteiger partial charge on any atom is 0.435 e. The largest absolute Gasteiger partial charge is 0.481 e. The number of alkyl halides is 3. The molecule has 0 atom stereocenters. The molecular weight excluding hydrogens is 674 g/mol. The zero-order valence-electron chi connectivity index (χ0n) is 29.1. The third-order valence-electron chi connectivity index (χ3n) is 10.1. The predicted octanol–water partition coefficient (Wildman–Crippen LogP) is 8.68. The number of ether oxygens (including phenoxy) is 1. The van der Waals surface area contributed by atoms with Crippen LogP contribution in [0.2, 0.25) is 0 Å². The molecule has 7 aromatic rings. The lowest BCUT2D eigenvalue weighted by molar-refractivity contribution is -0.141. The SMILES string of the molecule is COc1ncccc1CN1CCN(c2ccnc3ccc(-c4cn(C(c5ccccc5)(c5ccccc5)c5ccccc5)nc4C(F)(F)F)cc23)CC1. The molecule has 0 spiro atoms. The molecule has 0 saturated carbocycles. The molecule has 3 aromatic heterocycles. The molecule has 10 heteroatoms. The monoisotopic (exact) mass is 710 g/mol. The summed E-state index contributed by atoms with van der Waals surface area (Å²) in [6, 6.07) is 40.0. The van der Waals surface area contributed by atoms with Crippen LogP contribution < -0.4 is 9.64 Å². The highest BCUT2D eigenvalue weighted by atomic mass is 19.4. The van der Waals surface area contributed by atoms with Crippen LogP contribution in [0.25, 0.3) is 22.0 Å². The lowest BCUT2D eigenvalue weighted by Crippen LogP contribution is -2.46. The Morgan fingerprint density at radius 3 is 1.89 bits per heavy atom. The molecule has 1 saturated heterocycles. The molecule has 0 radical (unpaired) electrons. The van der Waals surface area contributed by atoms with Crippen LogP contribution in [0.3, 0.4) is 0 Å². The molecule has 0 unspecified atom stereocenters. The Kier molecular flexibility index (Phi) is 9.14. The third kappa shape index (κ3) is 6.40. The van der Waals surface area contributed by atoms with Gasteiger partial charge in [-0.25, -0.2) is 4.98 Å². The fourth-order valence-electron chi connectivity index (χ4n) is 7.59. The zero-order chi connectivity index (χ0) is 36.4. The van der Waals surface area contributed by atoms with Crippen molar-refractivity contribution in [3.8, 4) is 17.0 Å². The molecule has 1 aliphatic heterocycles. The fraction of sp³-hybridized carbons (Fsp3) is 0.186. The maximum absolute atomic E-state index is 15.2. The second kappa shape index (κ2) is 14.2. The first-order valence-corrected chi connectivity index (χ1v) is 17.5. The quantitative estimate of drug-likeness (QED) is 0.140. The average Bonchev–Trinajstić information content (AvgIpc) is 3.66. The predicted molar refractivity (Wildman–Crippen MR) is 201 cm³/mol. The van der Waals surface area contributed by atoms with Crippen molar-refractivity contribution in [2.45, 2.75) is 18.3 Å². The van der Waals surface area contributed by atoms with Crippen molar-refractivity contribution in [3.63, 3.8) is 0 Å². The van der Waals surface area contributed by atoms with Gasteiger partial charge in [0, 0.05) is 73.5 Å². The number of halogens is 3. The van der Waals surface area contributed by atoms with Gasteiger partial charge in [-0.15, -0.1) is 0 Å². The number of hydrogen-bond acceptors (Lipinski definition) is 6. The van der Waals surface area contributed by atoms with E-state index in [-0.39, 0.29) is 5.56 Å². The first kappa shape index (κ1) is 34.1. The van der Waals surface area contributed by atoms with E-state index < -0.39 is 17.4 Å². The summed E-state index contributed by atoms with van der Waals surface area (Å²) < 4.78 is 52.4. The molecule has 7 nitrogen and oxygen atoms in total.